The molecule has 5 nitrogen and oxygen atoms in total. The number of carbonyl (C=O) groups is 1. The molecule has 112 valence electrons. The van der Waals surface area contributed by atoms with Gasteiger partial charge in [-0.25, -0.2) is 4.98 Å². The zero-order chi connectivity index (χ0) is 15.5. The van der Waals surface area contributed by atoms with Crippen molar-refractivity contribution in [3.05, 3.63) is 65.1 Å². The Morgan fingerprint density at radius 3 is 2.77 bits per heavy atom. The Labute approximate surface area is 132 Å². The van der Waals surface area contributed by atoms with Crippen LogP contribution in [0.1, 0.15) is 16.1 Å². The van der Waals surface area contributed by atoms with Crippen LogP contribution in [0.5, 0.6) is 5.75 Å². The normalized spacial score (nSPS) is 10.6. The summed E-state index contributed by atoms with van der Waals surface area (Å²) in [4.78, 5) is 16.5. The Morgan fingerprint density at radius 1 is 1.27 bits per heavy atom. The van der Waals surface area contributed by atoms with Crippen LogP contribution in [0.2, 0.25) is 5.15 Å². The minimum Gasteiger partial charge on any atom is -0.497 e. The minimum atomic E-state index is -0.264. The molecule has 1 amide bonds. The summed E-state index contributed by atoms with van der Waals surface area (Å²) in [5, 5.41) is 3.04. The first kappa shape index (κ1) is 14.4. The van der Waals surface area contributed by atoms with Crippen molar-refractivity contribution >= 4 is 23.2 Å². The maximum Gasteiger partial charge on any atom is 0.271 e. The number of aromatic nitrogens is 2. The van der Waals surface area contributed by atoms with E-state index in [0.29, 0.717) is 17.9 Å². The largest absolute Gasteiger partial charge is 0.497 e. The van der Waals surface area contributed by atoms with Crippen LogP contribution in [0.3, 0.4) is 0 Å². The molecule has 22 heavy (non-hydrogen) atoms. The Balaban J connectivity index is 1.77. The molecule has 2 aromatic heterocycles. The molecule has 0 saturated heterocycles. The fourth-order valence-electron chi connectivity index (χ4n) is 2.18. The average molecular weight is 316 g/mol. The number of benzene rings is 1. The van der Waals surface area contributed by atoms with Crippen molar-refractivity contribution in [1.82, 2.24) is 14.7 Å². The van der Waals surface area contributed by atoms with Gasteiger partial charge in [0.15, 0.2) is 10.8 Å². The number of pyridine rings is 1. The molecule has 0 atom stereocenters. The van der Waals surface area contributed by atoms with Crippen molar-refractivity contribution in [2.24, 2.45) is 0 Å². The highest BCUT2D eigenvalue weighted by Crippen LogP contribution is 2.17. The fraction of sp³-hybridized carbons (Fsp3) is 0.125. The predicted molar refractivity (Wildman–Crippen MR) is 84.4 cm³/mol. The van der Waals surface area contributed by atoms with Gasteiger partial charge >= 0.3 is 0 Å². The zero-order valence-electron chi connectivity index (χ0n) is 11.9. The van der Waals surface area contributed by atoms with E-state index in [2.05, 4.69) is 10.3 Å². The SMILES string of the molecule is COc1ccc(CNC(=O)c2c(Cl)nc3ccccn23)cc1. The van der Waals surface area contributed by atoms with Crippen LogP contribution in [-0.2, 0) is 6.54 Å². The van der Waals surface area contributed by atoms with E-state index in [4.69, 9.17) is 16.3 Å². The molecule has 6 heteroatoms. The first-order valence-corrected chi connectivity index (χ1v) is 7.10. The van der Waals surface area contributed by atoms with Crippen molar-refractivity contribution in [3.63, 3.8) is 0 Å². The molecule has 1 N–H and O–H groups in total. The van der Waals surface area contributed by atoms with E-state index < -0.39 is 0 Å². The number of hydrogen-bond acceptors (Lipinski definition) is 3. The lowest BCUT2D eigenvalue weighted by molar-refractivity contribution is 0.0945. The summed E-state index contributed by atoms with van der Waals surface area (Å²) < 4.78 is 6.77. The Hall–Kier alpha value is -2.53. The molecule has 0 radical (unpaired) electrons. The van der Waals surface area contributed by atoms with Gasteiger partial charge in [0.05, 0.1) is 7.11 Å². The monoisotopic (exact) mass is 315 g/mol. The van der Waals surface area contributed by atoms with Crippen molar-refractivity contribution in [2.45, 2.75) is 6.54 Å². The average Bonchev–Trinajstić information content (AvgIpc) is 2.89. The number of ether oxygens (including phenoxy) is 1. The summed E-state index contributed by atoms with van der Waals surface area (Å²) >= 11 is 6.07. The Morgan fingerprint density at radius 2 is 2.05 bits per heavy atom. The van der Waals surface area contributed by atoms with Crippen LogP contribution in [0, 0.1) is 0 Å². The second kappa shape index (κ2) is 6.07. The lowest BCUT2D eigenvalue weighted by atomic mass is 10.2. The summed E-state index contributed by atoms with van der Waals surface area (Å²) in [5.41, 5.74) is 1.95. The molecule has 0 unspecified atom stereocenters. The van der Waals surface area contributed by atoms with E-state index in [1.165, 1.54) is 0 Å². The molecule has 3 aromatic rings. The van der Waals surface area contributed by atoms with Crippen molar-refractivity contribution in [1.29, 1.82) is 0 Å². The van der Waals surface area contributed by atoms with E-state index in [1.807, 2.05) is 36.4 Å². The van der Waals surface area contributed by atoms with Gasteiger partial charge in [-0.15, -0.1) is 0 Å². The number of methoxy groups -OCH3 is 1. The summed E-state index contributed by atoms with van der Waals surface area (Å²) in [7, 11) is 1.61. The van der Waals surface area contributed by atoms with Crippen LogP contribution in [0.15, 0.2) is 48.7 Å². The zero-order valence-corrected chi connectivity index (χ0v) is 12.7. The molecule has 0 aliphatic heterocycles. The number of rotatable bonds is 4. The van der Waals surface area contributed by atoms with Gasteiger partial charge in [0.2, 0.25) is 0 Å². The number of imidazole rings is 1. The van der Waals surface area contributed by atoms with Gasteiger partial charge in [-0.3, -0.25) is 9.20 Å². The van der Waals surface area contributed by atoms with Crippen LogP contribution < -0.4 is 10.1 Å². The third kappa shape index (κ3) is 2.76. The minimum absolute atomic E-state index is 0.193. The lowest BCUT2D eigenvalue weighted by Crippen LogP contribution is -2.24. The van der Waals surface area contributed by atoms with E-state index in [0.717, 1.165) is 11.3 Å². The van der Waals surface area contributed by atoms with Crippen LogP contribution in [0.25, 0.3) is 5.65 Å². The summed E-state index contributed by atoms with van der Waals surface area (Å²) in [6.07, 6.45) is 1.76. The molecule has 0 aliphatic rings. The van der Waals surface area contributed by atoms with Crippen molar-refractivity contribution in [3.8, 4) is 5.75 Å². The fourth-order valence-corrected chi connectivity index (χ4v) is 2.44. The maximum absolute atomic E-state index is 12.4. The van der Waals surface area contributed by atoms with Gasteiger partial charge in [-0.05, 0) is 29.8 Å². The second-order valence-electron chi connectivity index (χ2n) is 4.71. The number of halogens is 1. The first-order valence-electron chi connectivity index (χ1n) is 6.73. The number of carbonyl (C=O) groups excluding carboxylic acids is 1. The Kier molecular flexibility index (Phi) is 3.98. The van der Waals surface area contributed by atoms with E-state index in [9.17, 15) is 4.79 Å². The number of fused-ring (bicyclic) bond motifs is 1. The smallest absolute Gasteiger partial charge is 0.271 e. The molecule has 0 bridgehead atoms. The quantitative estimate of drug-likeness (QED) is 0.805. The highest BCUT2D eigenvalue weighted by Gasteiger charge is 2.17. The van der Waals surface area contributed by atoms with E-state index >= 15 is 0 Å². The molecular weight excluding hydrogens is 302 g/mol. The molecule has 1 aromatic carbocycles. The van der Waals surface area contributed by atoms with Crippen LogP contribution >= 0.6 is 11.6 Å². The van der Waals surface area contributed by atoms with Gasteiger partial charge in [0.25, 0.3) is 5.91 Å². The third-order valence-electron chi connectivity index (χ3n) is 3.31. The van der Waals surface area contributed by atoms with Crippen molar-refractivity contribution < 1.29 is 9.53 Å². The third-order valence-corrected chi connectivity index (χ3v) is 3.58. The molecule has 0 aliphatic carbocycles. The topological polar surface area (TPSA) is 55.6 Å². The highest BCUT2D eigenvalue weighted by molar-refractivity contribution is 6.32. The van der Waals surface area contributed by atoms with Gasteiger partial charge in [-0.2, -0.15) is 0 Å². The summed E-state index contributed by atoms with van der Waals surface area (Å²) in [6.45, 7) is 0.402. The van der Waals surface area contributed by atoms with E-state index in [-0.39, 0.29) is 11.1 Å². The first-order chi connectivity index (χ1) is 10.7. The van der Waals surface area contributed by atoms with Gasteiger partial charge in [0.1, 0.15) is 11.4 Å². The standard InChI is InChI=1S/C16H14ClN3O2/c1-22-12-7-5-11(6-8-12)10-18-16(21)14-15(17)19-13-4-2-3-9-20(13)14/h2-9H,10H2,1H3,(H,18,21). The lowest BCUT2D eigenvalue weighted by Gasteiger charge is -2.06. The molecule has 0 saturated carbocycles. The van der Waals surface area contributed by atoms with Gasteiger partial charge in [-0.1, -0.05) is 29.8 Å². The number of amides is 1. The Bertz CT molecular complexity index is 812. The summed E-state index contributed by atoms with van der Waals surface area (Å²) in [6, 6.07) is 13.0. The molecule has 0 spiro atoms. The van der Waals surface area contributed by atoms with E-state index in [1.54, 1.807) is 23.8 Å². The number of nitrogens with zero attached hydrogens (tertiary/aromatic N) is 2. The predicted octanol–water partition coefficient (Wildman–Crippen LogP) is 2.93. The van der Waals surface area contributed by atoms with Gasteiger partial charge < -0.3 is 10.1 Å². The van der Waals surface area contributed by atoms with Crippen LogP contribution in [-0.4, -0.2) is 22.4 Å². The second-order valence-corrected chi connectivity index (χ2v) is 5.07. The maximum atomic E-state index is 12.4. The molecule has 2 heterocycles. The van der Waals surface area contributed by atoms with Crippen molar-refractivity contribution in [2.75, 3.05) is 7.11 Å². The number of nitrogens with one attached hydrogen (secondary N) is 1. The highest BCUT2D eigenvalue weighted by atomic mass is 35.5. The van der Waals surface area contributed by atoms with Crippen LogP contribution in [0.4, 0.5) is 0 Å². The molecular formula is C16H14ClN3O2. The molecule has 3 rings (SSSR count). The van der Waals surface area contributed by atoms with Gasteiger partial charge in [0, 0.05) is 12.7 Å². The molecule has 0 fully saturated rings. The number of hydrogen-bond donors (Lipinski definition) is 1. The summed E-state index contributed by atoms with van der Waals surface area (Å²) in [5.74, 6) is 0.513.